The van der Waals surface area contributed by atoms with E-state index in [0.29, 0.717) is 30.7 Å². The predicted molar refractivity (Wildman–Crippen MR) is 140 cm³/mol. The van der Waals surface area contributed by atoms with E-state index in [9.17, 15) is 4.79 Å². The fourth-order valence-corrected chi connectivity index (χ4v) is 4.33. The Bertz CT molecular complexity index is 1450. The van der Waals surface area contributed by atoms with Gasteiger partial charge in [-0.2, -0.15) is 0 Å². The van der Waals surface area contributed by atoms with Crippen molar-refractivity contribution in [2.45, 2.75) is 33.2 Å². The second kappa shape index (κ2) is 9.63. The van der Waals surface area contributed by atoms with E-state index in [1.165, 1.54) is 11.1 Å². The van der Waals surface area contributed by atoms with E-state index in [0.717, 1.165) is 27.8 Å². The molecular weight excluding hydrogens is 436 g/mol. The van der Waals surface area contributed by atoms with Crippen LogP contribution in [-0.2, 0) is 16.1 Å². The van der Waals surface area contributed by atoms with Crippen molar-refractivity contribution in [3.8, 4) is 5.75 Å². The van der Waals surface area contributed by atoms with Crippen molar-refractivity contribution in [2.75, 3.05) is 6.61 Å². The molecule has 4 aromatic rings. The molecule has 0 amide bonds. The summed E-state index contributed by atoms with van der Waals surface area (Å²) in [7, 11) is 0. The largest absolute Gasteiger partial charge is 0.491 e. The summed E-state index contributed by atoms with van der Waals surface area (Å²) >= 11 is 0. The molecular formula is C30H28N2O3. The van der Waals surface area contributed by atoms with E-state index < -0.39 is 5.97 Å². The lowest BCUT2D eigenvalue weighted by molar-refractivity contribution is -0.129. The first-order valence-corrected chi connectivity index (χ1v) is 11.9. The first-order valence-electron chi connectivity index (χ1n) is 11.9. The Kier molecular flexibility index (Phi) is 6.23. The van der Waals surface area contributed by atoms with Crippen molar-refractivity contribution in [2.24, 2.45) is 4.99 Å². The van der Waals surface area contributed by atoms with Gasteiger partial charge < -0.3 is 14.0 Å². The smallest absolute Gasteiger partial charge is 0.363 e. The highest BCUT2D eigenvalue weighted by Gasteiger charge is 2.24. The monoisotopic (exact) mass is 464 g/mol. The number of carbonyl (C=O) groups excluding carboxylic acids is 1. The van der Waals surface area contributed by atoms with Crippen LogP contribution < -0.4 is 4.74 Å². The molecule has 0 fully saturated rings. The average Bonchev–Trinajstić information content (AvgIpc) is 3.40. The number of hydrogen-bond acceptors (Lipinski definition) is 4. The molecule has 1 aromatic heterocycles. The highest BCUT2D eigenvalue weighted by molar-refractivity contribution is 6.13. The third-order valence-electron chi connectivity index (χ3n) is 6.13. The van der Waals surface area contributed by atoms with Crippen LogP contribution in [0.25, 0.3) is 17.0 Å². The predicted octanol–water partition coefficient (Wildman–Crippen LogP) is 6.50. The van der Waals surface area contributed by atoms with Gasteiger partial charge >= 0.3 is 5.97 Å². The molecule has 0 N–H and O–H groups in total. The molecule has 0 unspecified atom stereocenters. The number of aromatic nitrogens is 1. The van der Waals surface area contributed by atoms with Crippen molar-refractivity contribution in [3.05, 3.63) is 107 Å². The molecule has 2 heterocycles. The van der Waals surface area contributed by atoms with E-state index in [-0.39, 0.29) is 0 Å². The Morgan fingerprint density at radius 1 is 1.03 bits per heavy atom. The van der Waals surface area contributed by atoms with Crippen LogP contribution >= 0.6 is 0 Å². The number of esters is 1. The molecule has 5 heteroatoms. The van der Waals surface area contributed by atoms with Crippen LogP contribution in [0.3, 0.4) is 0 Å². The lowest BCUT2D eigenvalue weighted by Crippen LogP contribution is -2.09. The summed E-state index contributed by atoms with van der Waals surface area (Å²) in [5, 5.41) is 1.05. The molecule has 5 nitrogen and oxygen atoms in total. The molecule has 0 spiro atoms. The molecule has 5 rings (SSSR count). The molecule has 0 bridgehead atoms. The quantitative estimate of drug-likeness (QED) is 0.232. The normalized spacial score (nSPS) is 14.6. The zero-order chi connectivity index (χ0) is 24.4. The lowest BCUT2D eigenvalue weighted by Gasteiger charge is -2.15. The number of nitrogens with zero attached hydrogens (tertiary/aromatic N) is 2. The number of rotatable bonds is 7. The summed E-state index contributed by atoms with van der Waals surface area (Å²) in [5.41, 5.74) is 5.47. The lowest BCUT2D eigenvalue weighted by atomic mass is 10.0. The molecule has 3 aromatic carbocycles. The Hall–Kier alpha value is -4.12. The maximum atomic E-state index is 12.5. The number of fused-ring (bicyclic) bond motifs is 1. The van der Waals surface area contributed by atoms with Gasteiger partial charge in [-0.3, -0.25) is 0 Å². The SMILES string of the molecule is Cc1ccc(C(C)C)c(OCCn2cc(/C=C3\N=C(c4ccccc4)OC3=O)c3ccccc32)c1. The highest BCUT2D eigenvalue weighted by atomic mass is 16.6. The topological polar surface area (TPSA) is 52.8 Å². The van der Waals surface area contributed by atoms with Crippen LogP contribution in [-0.4, -0.2) is 23.0 Å². The fourth-order valence-electron chi connectivity index (χ4n) is 4.33. The van der Waals surface area contributed by atoms with E-state index >= 15 is 0 Å². The van der Waals surface area contributed by atoms with Gasteiger partial charge in [-0.25, -0.2) is 9.79 Å². The third-order valence-corrected chi connectivity index (χ3v) is 6.13. The van der Waals surface area contributed by atoms with Gasteiger partial charge in [0.2, 0.25) is 5.90 Å². The minimum Gasteiger partial charge on any atom is -0.491 e. The van der Waals surface area contributed by atoms with Gasteiger partial charge in [0.1, 0.15) is 12.4 Å². The van der Waals surface area contributed by atoms with Crippen LogP contribution in [0.2, 0.25) is 0 Å². The number of aryl methyl sites for hydroxylation is 1. The standard InChI is InChI=1S/C30H28N2O3/c1-20(2)24-14-13-21(3)17-28(24)34-16-15-32-19-23(25-11-7-8-12-27(25)32)18-26-30(33)35-29(31-26)22-9-5-4-6-10-22/h4-14,17-20H,15-16H2,1-3H3/b26-18-. The first kappa shape index (κ1) is 22.7. The van der Waals surface area contributed by atoms with E-state index in [4.69, 9.17) is 9.47 Å². The number of aliphatic imine (C=N–C) groups is 1. The number of hydrogen-bond donors (Lipinski definition) is 0. The van der Waals surface area contributed by atoms with Gasteiger partial charge in [-0.05, 0) is 54.3 Å². The molecule has 0 aliphatic carbocycles. The molecule has 176 valence electrons. The molecule has 0 saturated heterocycles. The minimum atomic E-state index is -0.440. The average molecular weight is 465 g/mol. The second-order valence-corrected chi connectivity index (χ2v) is 9.04. The Labute approximate surface area is 205 Å². The van der Waals surface area contributed by atoms with Crippen LogP contribution in [0.4, 0.5) is 0 Å². The Balaban J connectivity index is 1.40. The van der Waals surface area contributed by atoms with E-state index in [1.54, 1.807) is 6.08 Å². The second-order valence-electron chi connectivity index (χ2n) is 9.04. The maximum Gasteiger partial charge on any atom is 0.363 e. The van der Waals surface area contributed by atoms with Crippen LogP contribution in [0, 0.1) is 6.92 Å². The summed E-state index contributed by atoms with van der Waals surface area (Å²) in [6.07, 6.45) is 3.85. The van der Waals surface area contributed by atoms with Crippen molar-refractivity contribution in [1.29, 1.82) is 0 Å². The Morgan fingerprint density at radius 3 is 2.60 bits per heavy atom. The molecule has 1 aliphatic heterocycles. The highest BCUT2D eigenvalue weighted by Crippen LogP contribution is 2.29. The summed E-state index contributed by atoms with van der Waals surface area (Å²) < 4.78 is 13.8. The molecule has 35 heavy (non-hydrogen) atoms. The van der Waals surface area contributed by atoms with Gasteiger partial charge in [0.25, 0.3) is 0 Å². The Morgan fingerprint density at radius 2 is 1.80 bits per heavy atom. The van der Waals surface area contributed by atoms with Crippen molar-refractivity contribution < 1.29 is 14.3 Å². The van der Waals surface area contributed by atoms with Crippen LogP contribution in [0.1, 0.15) is 42.0 Å². The van der Waals surface area contributed by atoms with Gasteiger partial charge in [0.15, 0.2) is 5.70 Å². The van der Waals surface area contributed by atoms with Gasteiger partial charge in [-0.15, -0.1) is 0 Å². The van der Waals surface area contributed by atoms with Gasteiger partial charge in [0, 0.05) is 28.2 Å². The molecule has 1 aliphatic rings. The number of ether oxygens (including phenoxy) is 2. The van der Waals surface area contributed by atoms with Crippen molar-refractivity contribution in [3.63, 3.8) is 0 Å². The van der Waals surface area contributed by atoms with Gasteiger partial charge in [-0.1, -0.05) is 62.4 Å². The van der Waals surface area contributed by atoms with Crippen molar-refractivity contribution in [1.82, 2.24) is 4.57 Å². The summed E-state index contributed by atoms with van der Waals surface area (Å²) in [4.78, 5) is 17.0. The summed E-state index contributed by atoms with van der Waals surface area (Å²) in [6.45, 7) is 7.65. The van der Waals surface area contributed by atoms with Gasteiger partial charge in [0.05, 0.1) is 6.54 Å². The van der Waals surface area contributed by atoms with E-state index in [2.05, 4.69) is 60.7 Å². The number of para-hydroxylation sites is 1. The molecule has 0 radical (unpaired) electrons. The van der Waals surface area contributed by atoms with Crippen LogP contribution in [0.15, 0.2) is 89.7 Å². The summed E-state index contributed by atoms with van der Waals surface area (Å²) in [6, 6.07) is 24.0. The number of benzene rings is 3. The first-order chi connectivity index (χ1) is 17.0. The third kappa shape index (κ3) is 4.76. The number of cyclic esters (lactones) is 1. The summed E-state index contributed by atoms with van der Waals surface area (Å²) in [5.74, 6) is 1.22. The molecule has 0 saturated carbocycles. The minimum absolute atomic E-state index is 0.296. The zero-order valence-corrected chi connectivity index (χ0v) is 20.2. The number of carbonyl (C=O) groups is 1. The molecule has 0 atom stereocenters. The zero-order valence-electron chi connectivity index (χ0n) is 20.2. The van der Waals surface area contributed by atoms with Crippen LogP contribution in [0.5, 0.6) is 5.75 Å². The van der Waals surface area contributed by atoms with Crippen molar-refractivity contribution >= 4 is 28.8 Å². The van der Waals surface area contributed by atoms with E-state index in [1.807, 2.05) is 48.7 Å². The maximum absolute atomic E-state index is 12.5. The fraction of sp³-hybridized carbons (Fsp3) is 0.200.